The van der Waals surface area contributed by atoms with Crippen molar-refractivity contribution in [2.24, 2.45) is 0 Å². The third-order valence-electron chi connectivity index (χ3n) is 2.89. The van der Waals surface area contributed by atoms with Crippen molar-refractivity contribution in [1.29, 1.82) is 5.26 Å². The number of unbranched alkanes of at least 4 members (excludes halogenated alkanes) is 1. The summed E-state index contributed by atoms with van der Waals surface area (Å²) in [5, 5.41) is 18.1. The molecule has 1 N–H and O–H groups in total. The average Bonchev–Trinajstić information content (AvgIpc) is 2.68. The van der Waals surface area contributed by atoms with E-state index in [2.05, 4.69) is 6.07 Å². The van der Waals surface area contributed by atoms with Crippen LogP contribution in [0.15, 0.2) is 18.2 Å². The van der Waals surface area contributed by atoms with Crippen molar-refractivity contribution in [3.63, 3.8) is 0 Å². The van der Waals surface area contributed by atoms with Crippen molar-refractivity contribution in [3.8, 4) is 11.8 Å². The molecule has 0 saturated carbocycles. The highest BCUT2D eigenvalue weighted by molar-refractivity contribution is 5.44. The quantitative estimate of drug-likeness (QED) is 0.787. The molecule has 84 valence electrons. The minimum atomic E-state index is -0.336. The molecule has 0 amide bonds. The number of nitrogens with zero attached hydrogens (tertiary/aromatic N) is 1. The molecule has 3 heteroatoms. The predicted molar refractivity (Wildman–Crippen MR) is 60.1 cm³/mol. The van der Waals surface area contributed by atoms with Crippen molar-refractivity contribution >= 4 is 0 Å². The van der Waals surface area contributed by atoms with E-state index >= 15 is 0 Å². The van der Waals surface area contributed by atoms with Gasteiger partial charge < -0.3 is 9.84 Å². The van der Waals surface area contributed by atoms with Crippen LogP contribution >= 0.6 is 0 Å². The number of rotatable bonds is 4. The van der Waals surface area contributed by atoms with Gasteiger partial charge in [0.1, 0.15) is 5.75 Å². The first-order valence-corrected chi connectivity index (χ1v) is 5.62. The fraction of sp³-hybridized carbons (Fsp3) is 0.462. The molecule has 0 spiro atoms. The minimum Gasteiger partial charge on any atom is -0.493 e. The Kier molecular flexibility index (Phi) is 3.43. The molecule has 3 nitrogen and oxygen atoms in total. The summed E-state index contributed by atoms with van der Waals surface area (Å²) < 4.78 is 5.64. The van der Waals surface area contributed by atoms with E-state index in [0.717, 1.165) is 36.1 Å². The Balaban J connectivity index is 2.03. The van der Waals surface area contributed by atoms with Crippen LogP contribution in [0.5, 0.6) is 5.75 Å². The Morgan fingerprint density at radius 3 is 3.19 bits per heavy atom. The van der Waals surface area contributed by atoms with Crippen LogP contribution in [0, 0.1) is 11.3 Å². The summed E-state index contributed by atoms with van der Waals surface area (Å²) in [6, 6.07) is 7.89. The second-order valence-electron chi connectivity index (χ2n) is 3.99. The molecule has 1 unspecified atom stereocenters. The van der Waals surface area contributed by atoms with Crippen LogP contribution in [0.4, 0.5) is 0 Å². The van der Waals surface area contributed by atoms with Crippen LogP contribution in [0.2, 0.25) is 0 Å². The Morgan fingerprint density at radius 2 is 2.38 bits per heavy atom. The van der Waals surface area contributed by atoms with Gasteiger partial charge in [0.25, 0.3) is 0 Å². The van der Waals surface area contributed by atoms with Gasteiger partial charge in [0, 0.05) is 12.0 Å². The second kappa shape index (κ2) is 5.00. The van der Waals surface area contributed by atoms with Gasteiger partial charge in [-0.1, -0.05) is 12.1 Å². The van der Waals surface area contributed by atoms with Crippen LogP contribution in [-0.4, -0.2) is 11.7 Å². The van der Waals surface area contributed by atoms with Gasteiger partial charge in [-0.3, -0.25) is 0 Å². The molecule has 0 saturated heterocycles. The Morgan fingerprint density at radius 1 is 1.50 bits per heavy atom. The van der Waals surface area contributed by atoms with Gasteiger partial charge in [-0.05, 0) is 30.9 Å². The zero-order valence-corrected chi connectivity index (χ0v) is 9.15. The fourth-order valence-electron chi connectivity index (χ4n) is 2.07. The molecular formula is C13H15NO2. The summed E-state index contributed by atoms with van der Waals surface area (Å²) in [5.41, 5.74) is 2.13. The van der Waals surface area contributed by atoms with Gasteiger partial charge in [-0.25, -0.2) is 0 Å². The Hall–Kier alpha value is -1.53. The van der Waals surface area contributed by atoms with Crippen molar-refractivity contribution in [2.45, 2.75) is 31.8 Å². The number of fused-ring (bicyclic) bond motifs is 1. The van der Waals surface area contributed by atoms with Crippen molar-refractivity contribution in [3.05, 3.63) is 29.3 Å². The standard InChI is InChI=1S/C13H15NO2/c14-8-1-2-9-16-13-5-3-4-10-11(13)6-7-12(10)15/h3-5,12,15H,1-2,6-7,9H2. The number of aliphatic hydroxyl groups excluding tert-OH is 1. The first-order valence-electron chi connectivity index (χ1n) is 5.62. The lowest BCUT2D eigenvalue weighted by atomic mass is 10.1. The van der Waals surface area contributed by atoms with Crippen molar-refractivity contribution in [1.82, 2.24) is 0 Å². The lowest BCUT2D eigenvalue weighted by Gasteiger charge is -2.10. The molecule has 0 bridgehead atoms. The highest BCUT2D eigenvalue weighted by Crippen LogP contribution is 2.36. The van der Waals surface area contributed by atoms with Gasteiger partial charge in [0.05, 0.1) is 18.8 Å². The van der Waals surface area contributed by atoms with E-state index in [1.54, 1.807) is 0 Å². The second-order valence-corrected chi connectivity index (χ2v) is 3.99. The molecule has 1 aliphatic carbocycles. The molecule has 0 heterocycles. The highest BCUT2D eigenvalue weighted by Gasteiger charge is 2.22. The average molecular weight is 217 g/mol. The van der Waals surface area contributed by atoms with Crippen LogP contribution in [0.3, 0.4) is 0 Å². The summed E-state index contributed by atoms with van der Waals surface area (Å²) in [7, 11) is 0. The predicted octanol–water partition coefficient (Wildman–Crippen LogP) is 2.35. The van der Waals surface area contributed by atoms with E-state index < -0.39 is 0 Å². The van der Waals surface area contributed by atoms with E-state index in [1.165, 1.54) is 0 Å². The molecule has 2 rings (SSSR count). The molecule has 1 aromatic rings. The zero-order chi connectivity index (χ0) is 11.4. The molecule has 1 aliphatic rings. The first-order chi connectivity index (χ1) is 7.83. The van der Waals surface area contributed by atoms with E-state index in [1.807, 2.05) is 18.2 Å². The summed E-state index contributed by atoms with van der Waals surface area (Å²) in [6.45, 7) is 0.570. The molecule has 1 aromatic carbocycles. The SMILES string of the molecule is N#CCCCOc1cccc2c1CCC2O. The lowest BCUT2D eigenvalue weighted by molar-refractivity contribution is 0.180. The highest BCUT2D eigenvalue weighted by atomic mass is 16.5. The lowest BCUT2D eigenvalue weighted by Crippen LogP contribution is -2.00. The van der Waals surface area contributed by atoms with E-state index in [4.69, 9.17) is 10.00 Å². The monoisotopic (exact) mass is 217 g/mol. The Bertz CT molecular complexity index is 409. The van der Waals surface area contributed by atoms with E-state index in [0.29, 0.717) is 13.0 Å². The summed E-state index contributed by atoms with van der Waals surface area (Å²) in [4.78, 5) is 0. The number of benzene rings is 1. The van der Waals surface area contributed by atoms with Gasteiger partial charge in [0.15, 0.2) is 0 Å². The van der Waals surface area contributed by atoms with E-state index in [9.17, 15) is 5.11 Å². The smallest absolute Gasteiger partial charge is 0.122 e. The van der Waals surface area contributed by atoms with Gasteiger partial charge in [0.2, 0.25) is 0 Å². The topological polar surface area (TPSA) is 53.2 Å². The molecule has 16 heavy (non-hydrogen) atoms. The molecular weight excluding hydrogens is 202 g/mol. The zero-order valence-electron chi connectivity index (χ0n) is 9.15. The maximum atomic E-state index is 9.72. The summed E-state index contributed by atoms with van der Waals surface area (Å²) in [6.07, 6.45) is 2.61. The molecule has 0 fully saturated rings. The largest absolute Gasteiger partial charge is 0.493 e. The number of hydrogen-bond donors (Lipinski definition) is 1. The van der Waals surface area contributed by atoms with E-state index in [-0.39, 0.29) is 6.10 Å². The van der Waals surface area contributed by atoms with Crippen LogP contribution < -0.4 is 4.74 Å². The van der Waals surface area contributed by atoms with Crippen LogP contribution in [-0.2, 0) is 6.42 Å². The summed E-state index contributed by atoms with van der Waals surface area (Å²) in [5.74, 6) is 0.868. The van der Waals surface area contributed by atoms with Crippen molar-refractivity contribution < 1.29 is 9.84 Å². The fourth-order valence-corrected chi connectivity index (χ4v) is 2.07. The number of aliphatic hydroxyl groups is 1. The molecule has 1 atom stereocenters. The molecule has 0 aromatic heterocycles. The molecule has 0 aliphatic heterocycles. The minimum absolute atomic E-state index is 0.336. The third-order valence-corrected chi connectivity index (χ3v) is 2.89. The van der Waals surface area contributed by atoms with Crippen LogP contribution in [0.1, 0.15) is 36.5 Å². The van der Waals surface area contributed by atoms with Gasteiger partial charge >= 0.3 is 0 Å². The normalized spacial score (nSPS) is 17.9. The molecule has 0 radical (unpaired) electrons. The number of nitriles is 1. The third kappa shape index (κ3) is 2.17. The maximum absolute atomic E-state index is 9.72. The Labute approximate surface area is 95.3 Å². The number of hydrogen-bond acceptors (Lipinski definition) is 3. The summed E-state index contributed by atoms with van der Waals surface area (Å²) >= 11 is 0. The first kappa shape index (κ1) is 11.0. The van der Waals surface area contributed by atoms with Gasteiger partial charge in [-0.15, -0.1) is 0 Å². The van der Waals surface area contributed by atoms with Crippen molar-refractivity contribution in [2.75, 3.05) is 6.61 Å². The van der Waals surface area contributed by atoms with Gasteiger partial charge in [-0.2, -0.15) is 5.26 Å². The number of ether oxygens (including phenoxy) is 1. The van der Waals surface area contributed by atoms with Crippen LogP contribution in [0.25, 0.3) is 0 Å². The maximum Gasteiger partial charge on any atom is 0.122 e.